The average molecular weight is 354 g/mol. The molecule has 0 fully saturated rings. The number of carbonyl (C=O) groups excluding carboxylic acids is 1. The van der Waals surface area contributed by atoms with Crippen LogP contribution in [-0.2, 0) is 13.1 Å². The lowest BCUT2D eigenvalue weighted by Crippen LogP contribution is -2.36. The lowest BCUT2D eigenvalue weighted by molar-refractivity contribution is 0.0963. The molecule has 7 nitrogen and oxygen atoms in total. The summed E-state index contributed by atoms with van der Waals surface area (Å²) in [5, 5.41) is 9.13. The van der Waals surface area contributed by atoms with E-state index < -0.39 is 0 Å². The molecule has 1 heterocycles. The van der Waals surface area contributed by atoms with Crippen LogP contribution < -0.4 is 25.4 Å². The van der Waals surface area contributed by atoms with Crippen molar-refractivity contribution in [2.75, 3.05) is 20.9 Å². The fourth-order valence-corrected chi connectivity index (χ4v) is 2.61. The minimum Gasteiger partial charge on any atom is -0.454 e. The van der Waals surface area contributed by atoms with E-state index in [2.05, 4.69) is 20.9 Å². The van der Waals surface area contributed by atoms with Crippen LogP contribution in [-0.4, -0.2) is 32.8 Å². The van der Waals surface area contributed by atoms with Crippen molar-refractivity contribution in [3.05, 3.63) is 59.2 Å². The predicted octanol–water partition coefficient (Wildman–Crippen LogP) is 1.64. The Balaban J connectivity index is 1.54. The predicted molar refractivity (Wildman–Crippen MR) is 99.4 cm³/mol. The van der Waals surface area contributed by atoms with Crippen LogP contribution in [0.5, 0.6) is 11.5 Å². The fraction of sp³-hybridized carbons (Fsp3) is 0.263. The molecule has 0 saturated heterocycles. The number of hydrogen-bond donors (Lipinski definition) is 3. The van der Waals surface area contributed by atoms with Gasteiger partial charge >= 0.3 is 0 Å². The van der Waals surface area contributed by atoms with Gasteiger partial charge in [0, 0.05) is 32.7 Å². The Labute approximate surface area is 152 Å². The highest BCUT2D eigenvalue weighted by molar-refractivity contribution is 5.94. The molecule has 1 aliphatic rings. The van der Waals surface area contributed by atoms with Crippen molar-refractivity contribution in [3.63, 3.8) is 0 Å². The molecule has 0 bridgehead atoms. The van der Waals surface area contributed by atoms with Gasteiger partial charge in [0.1, 0.15) is 0 Å². The van der Waals surface area contributed by atoms with Gasteiger partial charge in [0.2, 0.25) is 6.79 Å². The number of carbonyl (C=O) groups is 1. The van der Waals surface area contributed by atoms with Gasteiger partial charge in [0.15, 0.2) is 17.5 Å². The van der Waals surface area contributed by atoms with E-state index in [1.165, 1.54) is 0 Å². The van der Waals surface area contributed by atoms with Crippen molar-refractivity contribution >= 4 is 11.9 Å². The summed E-state index contributed by atoms with van der Waals surface area (Å²) in [5.41, 5.74) is 2.70. The maximum absolute atomic E-state index is 11.7. The summed E-state index contributed by atoms with van der Waals surface area (Å²) in [6.45, 7) is 1.44. The van der Waals surface area contributed by atoms with Crippen LogP contribution in [0.1, 0.15) is 21.5 Å². The minimum absolute atomic E-state index is 0.0998. The van der Waals surface area contributed by atoms with Crippen molar-refractivity contribution in [3.8, 4) is 11.5 Å². The van der Waals surface area contributed by atoms with E-state index in [0.717, 1.165) is 22.6 Å². The van der Waals surface area contributed by atoms with Gasteiger partial charge in [-0.15, -0.1) is 0 Å². The fourth-order valence-electron chi connectivity index (χ4n) is 2.61. The first-order chi connectivity index (χ1) is 12.7. The molecular formula is C19H22N4O3. The maximum Gasteiger partial charge on any atom is 0.251 e. The van der Waals surface area contributed by atoms with Crippen LogP contribution in [0.3, 0.4) is 0 Å². The van der Waals surface area contributed by atoms with Gasteiger partial charge in [-0.3, -0.25) is 9.79 Å². The Morgan fingerprint density at radius 2 is 1.77 bits per heavy atom. The molecule has 0 spiro atoms. The number of hydrogen-bond acceptors (Lipinski definition) is 4. The van der Waals surface area contributed by atoms with E-state index in [0.29, 0.717) is 24.6 Å². The van der Waals surface area contributed by atoms with Gasteiger partial charge in [0.25, 0.3) is 5.91 Å². The highest BCUT2D eigenvalue weighted by atomic mass is 16.7. The highest BCUT2D eigenvalue weighted by Gasteiger charge is 2.13. The third kappa shape index (κ3) is 4.24. The molecule has 2 aromatic carbocycles. The van der Waals surface area contributed by atoms with Crippen molar-refractivity contribution in [2.45, 2.75) is 13.1 Å². The number of ether oxygens (including phenoxy) is 2. The Morgan fingerprint density at radius 1 is 1.04 bits per heavy atom. The number of rotatable bonds is 5. The topological polar surface area (TPSA) is 84.0 Å². The van der Waals surface area contributed by atoms with E-state index in [1.54, 1.807) is 20.2 Å². The molecule has 1 amide bonds. The molecule has 136 valence electrons. The maximum atomic E-state index is 11.7. The minimum atomic E-state index is -0.0998. The average Bonchev–Trinajstić information content (AvgIpc) is 3.15. The third-order valence-corrected chi connectivity index (χ3v) is 4.00. The van der Waals surface area contributed by atoms with Crippen LogP contribution >= 0.6 is 0 Å². The van der Waals surface area contributed by atoms with Crippen LogP contribution in [0, 0.1) is 0 Å². The van der Waals surface area contributed by atoms with Crippen LogP contribution in [0.4, 0.5) is 0 Å². The van der Waals surface area contributed by atoms with Gasteiger partial charge in [-0.25, -0.2) is 0 Å². The van der Waals surface area contributed by atoms with Gasteiger partial charge in [-0.2, -0.15) is 0 Å². The van der Waals surface area contributed by atoms with Crippen molar-refractivity contribution in [1.82, 2.24) is 16.0 Å². The number of aliphatic imine (C=N–C) groups is 1. The molecule has 0 aromatic heterocycles. The molecule has 0 unspecified atom stereocenters. The second kappa shape index (κ2) is 8.24. The number of nitrogens with one attached hydrogen (secondary N) is 3. The van der Waals surface area contributed by atoms with E-state index in [-0.39, 0.29) is 12.7 Å². The van der Waals surface area contributed by atoms with Crippen molar-refractivity contribution in [1.29, 1.82) is 0 Å². The largest absolute Gasteiger partial charge is 0.454 e. The summed E-state index contributed by atoms with van der Waals surface area (Å²) in [6, 6.07) is 13.3. The molecule has 2 aromatic rings. The standard InChI is InChI=1S/C19H22N4O3/c1-20-18(24)15-5-3-4-13(8-15)10-22-19(21-2)23-11-14-6-7-16-17(9-14)26-12-25-16/h3-9H,10-12H2,1-2H3,(H,20,24)(H2,21,22,23). The van der Waals surface area contributed by atoms with Crippen LogP contribution in [0.15, 0.2) is 47.5 Å². The molecule has 3 rings (SSSR count). The molecule has 3 N–H and O–H groups in total. The molecule has 1 aliphatic heterocycles. The van der Waals surface area contributed by atoms with Crippen molar-refractivity contribution < 1.29 is 14.3 Å². The first-order valence-corrected chi connectivity index (χ1v) is 8.33. The quantitative estimate of drug-likeness (QED) is 0.562. The van der Waals surface area contributed by atoms with E-state index >= 15 is 0 Å². The Bertz CT molecular complexity index is 820. The molecule has 0 radical (unpaired) electrons. The highest BCUT2D eigenvalue weighted by Crippen LogP contribution is 2.32. The molecule has 0 saturated carbocycles. The second-order valence-corrected chi connectivity index (χ2v) is 5.75. The van der Waals surface area contributed by atoms with E-state index in [1.807, 2.05) is 36.4 Å². The molecular weight excluding hydrogens is 332 g/mol. The molecule has 7 heteroatoms. The van der Waals surface area contributed by atoms with E-state index in [9.17, 15) is 4.79 Å². The molecule has 0 atom stereocenters. The molecule has 26 heavy (non-hydrogen) atoms. The summed E-state index contributed by atoms with van der Waals surface area (Å²) >= 11 is 0. The summed E-state index contributed by atoms with van der Waals surface area (Å²) in [6.07, 6.45) is 0. The summed E-state index contributed by atoms with van der Waals surface area (Å²) in [4.78, 5) is 15.9. The van der Waals surface area contributed by atoms with Crippen molar-refractivity contribution in [2.24, 2.45) is 4.99 Å². The monoisotopic (exact) mass is 354 g/mol. The second-order valence-electron chi connectivity index (χ2n) is 5.75. The zero-order chi connectivity index (χ0) is 18.4. The number of amides is 1. The third-order valence-electron chi connectivity index (χ3n) is 4.00. The number of benzene rings is 2. The Hall–Kier alpha value is -3.22. The van der Waals surface area contributed by atoms with Crippen LogP contribution in [0.25, 0.3) is 0 Å². The summed E-state index contributed by atoms with van der Waals surface area (Å²) in [7, 11) is 3.34. The SMILES string of the molecule is CN=C(NCc1cccc(C(=O)NC)c1)NCc1ccc2c(c1)OCO2. The Morgan fingerprint density at radius 3 is 2.50 bits per heavy atom. The first kappa shape index (κ1) is 17.6. The van der Waals surface area contributed by atoms with E-state index in [4.69, 9.17) is 9.47 Å². The first-order valence-electron chi connectivity index (χ1n) is 8.33. The zero-order valence-corrected chi connectivity index (χ0v) is 14.8. The zero-order valence-electron chi connectivity index (χ0n) is 14.8. The number of nitrogens with zero attached hydrogens (tertiary/aromatic N) is 1. The number of guanidine groups is 1. The molecule has 0 aliphatic carbocycles. The summed E-state index contributed by atoms with van der Waals surface area (Å²) in [5.74, 6) is 2.11. The van der Waals surface area contributed by atoms with Gasteiger partial charge < -0.3 is 25.4 Å². The lowest BCUT2D eigenvalue weighted by atomic mass is 10.1. The van der Waals surface area contributed by atoms with Gasteiger partial charge in [-0.05, 0) is 35.4 Å². The summed E-state index contributed by atoms with van der Waals surface area (Å²) < 4.78 is 10.7. The number of fused-ring (bicyclic) bond motifs is 1. The van der Waals surface area contributed by atoms with Gasteiger partial charge in [0.05, 0.1) is 0 Å². The van der Waals surface area contributed by atoms with Crippen LogP contribution in [0.2, 0.25) is 0 Å². The lowest BCUT2D eigenvalue weighted by Gasteiger charge is -2.13. The van der Waals surface area contributed by atoms with Gasteiger partial charge in [-0.1, -0.05) is 18.2 Å². The normalized spacial score (nSPS) is 12.6. The smallest absolute Gasteiger partial charge is 0.251 e. The Kier molecular flexibility index (Phi) is 5.58.